The minimum absolute atomic E-state index is 0.0194. The van der Waals surface area contributed by atoms with Gasteiger partial charge in [0.2, 0.25) is 11.5 Å². The molecule has 0 fully saturated rings. The lowest BCUT2D eigenvalue weighted by Gasteiger charge is -2.14. The standard InChI is InChI=1S/C17H14N2O3/c1-18(2)11-7-9-19(10-8-11)14-15(20)12-5-3-4-6-13(12)16(21)17(14)22/h3-10H,1-2H3/p+1. The summed E-state index contributed by atoms with van der Waals surface area (Å²) in [6.45, 7) is 0. The van der Waals surface area contributed by atoms with Crippen molar-refractivity contribution in [1.29, 1.82) is 0 Å². The van der Waals surface area contributed by atoms with Crippen molar-refractivity contribution in [3.63, 3.8) is 0 Å². The Morgan fingerprint density at radius 2 is 1.50 bits per heavy atom. The second kappa shape index (κ2) is 5.11. The first-order chi connectivity index (χ1) is 10.5. The van der Waals surface area contributed by atoms with Crippen LogP contribution in [0.4, 0.5) is 5.69 Å². The van der Waals surface area contributed by atoms with Crippen molar-refractivity contribution in [2.45, 2.75) is 0 Å². The summed E-state index contributed by atoms with van der Waals surface area (Å²) in [6.07, 6.45) is 3.31. The second-order valence-electron chi connectivity index (χ2n) is 5.26. The van der Waals surface area contributed by atoms with E-state index in [9.17, 15) is 14.7 Å². The Bertz CT molecular complexity index is 805. The molecule has 0 atom stereocenters. The number of benzene rings is 1. The van der Waals surface area contributed by atoms with Crippen molar-refractivity contribution >= 4 is 28.7 Å². The van der Waals surface area contributed by atoms with Gasteiger partial charge in [0, 0.05) is 43.0 Å². The lowest BCUT2D eigenvalue weighted by Crippen LogP contribution is -2.41. The van der Waals surface area contributed by atoms with Gasteiger partial charge in [0.05, 0.1) is 0 Å². The highest BCUT2D eigenvalue weighted by atomic mass is 16.3. The minimum Gasteiger partial charge on any atom is -0.502 e. The van der Waals surface area contributed by atoms with Crippen LogP contribution >= 0.6 is 0 Å². The molecular weight excluding hydrogens is 280 g/mol. The van der Waals surface area contributed by atoms with E-state index >= 15 is 0 Å². The fourth-order valence-electron chi connectivity index (χ4n) is 2.46. The number of fused-ring (bicyclic) bond motifs is 1. The van der Waals surface area contributed by atoms with E-state index in [1.54, 1.807) is 48.8 Å². The van der Waals surface area contributed by atoms with Crippen LogP contribution in [0.15, 0.2) is 48.8 Å². The van der Waals surface area contributed by atoms with E-state index < -0.39 is 11.6 Å². The molecule has 1 aromatic heterocycles. The number of aliphatic hydroxyl groups is 1. The maximum absolute atomic E-state index is 12.3. The number of aliphatic hydroxyl groups excluding tert-OH is 1. The molecule has 2 aromatic rings. The molecule has 1 aliphatic carbocycles. The van der Waals surface area contributed by atoms with E-state index in [1.807, 2.05) is 19.0 Å². The first-order valence-corrected chi connectivity index (χ1v) is 6.81. The molecule has 1 aliphatic rings. The summed E-state index contributed by atoms with van der Waals surface area (Å²) in [5.74, 6) is -1.49. The average Bonchev–Trinajstić information content (AvgIpc) is 2.53. The lowest BCUT2D eigenvalue weighted by atomic mass is 9.91. The molecule has 1 heterocycles. The summed E-state index contributed by atoms with van der Waals surface area (Å²) in [6, 6.07) is 10.2. The van der Waals surface area contributed by atoms with Gasteiger partial charge in [0.25, 0.3) is 0 Å². The topological polar surface area (TPSA) is 61.5 Å². The number of rotatable bonds is 2. The van der Waals surface area contributed by atoms with Crippen molar-refractivity contribution in [1.82, 2.24) is 0 Å². The molecule has 0 saturated carbocycles. The zero-order valence-corrected chi connectivity index (χ0v) is 12.3. The Morgan fingerprint density at radius 1 is 0.909 bits per heavy atom. The smallest absolute Gasteiger partial charge is 0.305 e. The largest absolute Gasteiger partial charge is 0.502 e. The summed E-state index contributed by atoms with van der Waals surface area (Å²) >= 11 is 0. The first-order valence-electron chi connectivity index (χ1n) is 6.81. The van der Waals surface area contributed by atoms with Crippen molar-refractivity contribution in [3.8, 4) is 0 Å². The maximum Gasteiger partial charge on any atom is 0.305 e. The maximum atomic E-state index is 12.3. The molecule has 110 valence electrons. The number of aromatic nitrogens is 1. The normalized spacial score (nSPS) is 14.1. The molecule has 5 nitrogen and oxygen atoms in total. The summed E-state index contributed by atoms with van der Waals surface area (Å²) in [4.78, 5) is 26.4. The molecule has 5 heteroatoms. The first kappa shape index (κ1) is 14.0. The SMILES string of the molecule is CN(C)c1cc[n+](C2=C(O)c3ccccc3C(=O)C2=O)cc1. The van der Waals surface area contributed by atoms with Gasteiger partial charge in [-0.05, 0) is 0 Å². The van der Waals surface area contributed by atoms with Gasteiger partial charge in [0.1, 0.15) is 0 Å². The highest BCUT2D eigenvalue weighted by Gasteiger charge is 2.39. The quantitative estimate of drug-likeness (QED) is 0.676. The van der Waals surface area contributed by atoms with Gasteiger partial charge in [-0.3, -0.25) is 9.59 Å². The zero-order valence-electron chi connectivity index (χ0n) is 12.3. The number of Topliss-reactive ketones (excluding diaryl/α,β-unsaturated/α-hetero) is 2. The molecule has 0 bridgehead atoms. The molecule has 0 radical (unpaired) electrons. The summed E-state index contributed by atoms with van der Waals surface area (Å²) < 4.78 is 1.47. The second-order valence-corrected chi connectivity index (χ2v) is 5.26. The average molecular weight is 295 g/mol. The lowest BCUT2D eigenvalue weighted by molar-refractivity contribution is -0.577. The third-order valence-electron chi connectivity index (χ3n) is 3.66. The fourth-order valence-corrected chi connectivity index (χ4v) is 2.46. The van der Waals surface area contributed by atoms with E-state index in [2.05, 4.69) is 0 Å². The predicted octanol–water partition coefficient (Wildman–Crippen LogP) is 1.69. The van der Waals surface area contributed by atoms with Gasteiger partial charge in [-0.2, -0.15) is 4.57 Å². The Labute approximate surface area is 127 Å². The van der Waals surface area contributed by atoms with Crippen molar-refractivity contribution < 1.29 is 19.3 Å². The molecular formula is C17H15N2O3+. The molecule has 22 heavy (non-hydrogen) atoms. The number of anilines is 1. The Kier molecular flexibility index (Phi) is 3.25. The van der Waals surface area contributed by atoms with Crippen LogP contribution in [0.3, 0.4) is 0 Å². The van der Waals surface area contributed by atoms with Gasteiger partial charge in [0.15, 0.2) is 12.4 Å². The number of allylic oxidation sites excluding steroid dienone is 1. The van der Waals surface area contributed by atoms with E-state index in [4.69, 9.17) is 0 Å². The molecule has 3 rings (SSSR count). The number of pyridine rings is 1. The highest BCUT2D eigenvalue weighted by molar-refractivity contribution is 6.59. The highest BCUT2D eigenvalue weighted by Crippen LogP contribution is 2.27. The van der Waals surface area contributed by atoms with Crippen molar-refractivity contribution in [2.24, 2.45) is 0 Å². The van der Waals surface area contributed by atoms with Crippen LogP contribution in [0, 0.1) is 0 Å². The van der Waals surface area contributed by atoms with E-state index in [0.29, 0.717) is 5.56 Å². The van der Waals surface area contributed by atoms with Crippen LogP contribution in [0.25, 0.3) is 11.5 Å². The van der Waals surface area contributed by atoms with Crippen LogP contribution in [0.2, 0.25) is 0 Å². The molecule has 0 aliphatic heterocycles. The number of carbonyl (C=O) groups excluding carboxylic acids is 2. The van der Waals surface area contributed by atoms with Gasteiger partial charge < -0.3 is 10.0 Å². The number of hydrogen-bond acceptors (Lipinski definition) is 4. The van der Waals surface area contributed by atoms with Crippen LogP contribution in [0.5, 0.6) is 0 Å². The van der Waals surface area contributed by atoms with E-state index in [0.717, 1.165) is 5.69 Å². The van der Waals surface area contributed by atoms with Gasteiger partial charge in [-0.15, -0.1) is 0 Å². The third kappa shape index (κ3) is 2.07. The minimum atomic E-state index is -0.709. The van der Waals surface area contributed by atoms with Crippen LogP contribution in [-0.2, 0) is 4.79 Å². The van der Waals surface area contributed by atoms with Crippen molar-refractivity contribution in [2.75, 3.05) is 19.0 Å². The molecule has 0 amide bonds. The predicted molar refractivity (Wildman–Crippen MR) is 82.5 cm³/mol. The molecule has 0 unspecified atom stereocenters. The van der Waals surface area contributed by atoms with Gasteiger partial charge >= 0.3 is 11.5 Å². The molecule has 0 saturated heterocycles. The Balaban J connectivity index is 2.17. The zero-order chi connectivity index (χ0) is 15.9. The summed E-state index contributed by atoms with van der Waals surface area (Å²) in [7, 11) is 3.81. The molecule has 1 aromatic carbocycles. The van der Waals surface area contributed by atoms with Gasteiger partial charge in [-0.1, -0.05) is 24.3 Å². The number of nitrogens with zero attached hydrogens (tertiary/aromatic N) is 2. The molecule has 1 N–H and O–H groups in total. The summed E-state index contributed by atoms with van der Waals surface area (Å²) in [5, 5.41) is 10.4. The van der Waals surface area contributed by atoms with E-state index in [1.165, 1.54) is 4.57 Å². The fraction of sp³-hybridized carbons (Fsp3) is 0.118. The summed E-state index contributed by atoms with van der Waals surface area (Å²) in [5.41, 5.74) is 1.55. The van der Waals surface area contributed by atoms with Crippen molar-refractivity contribution in [3.05, 3.63) is 59.9 Å². The number of carbonyl (C=O) groups is 2. The van der Waals surface area contributed by atoms with Crippen LogP contribution < -0.4 is 9.47 Å². The van der Waals surface area contributed by atoms with E-state index in [-0.39, 0.29) is 17.0 Å². The number of hydrogen-bond donors (Lipinski definition) is 1. The Hall–Kier alpha value is -2.95. The third-order valence-corrected chi connectivity index (χ3v) is 3.66. The monoisotopic (exact) mass is 295 g/mol. The van der Waals surface area contributed by atoms with Crippen LogP contribution in [-0.4, -0.2) is 30.8 Å². The Morgan fingerprint density at radius 3 is 2.09 bits per heavy atom. The van der Waals surface area contributed by atoms with Gasteiger partial charge in [-0.25, -0.2) is 0 Å². The molecule has 0 spiro atoms. The van der Waals surface area contributed by atoms with Crippen LogP contribution in [0.1, 0.15) is 15.9 Å². The number of ketones is 2.